The van der Waals surface area contributed by atoms with Crippen LogP contribution < -0.4 is 4.90 Å². The molecule has 0 radical (unpaired) electrons. The first-order valence-corrected chi connectivity index (χ1v) is 10.5. The van der Waals surface area contributed by atoms with Crippen molar-refractivity contribution in [1.82, 2.24) is 19.7 Å². The van der Waals surface area contributed by atoms with Crippen LogP contribution in [-0.4, -0.2) is 52.8 Å². The van der Waals surface area contributed by atoms with Gasteiger partial charge >= 0.3 is 0 Å². The Balaban J connectivity index is 0.00000300. The SMILES string of the molecule is Cc1cc(C(=O)N(CCCN(C)C)c2nc3c(Cl)cccc3s2)nn1C(C)C.Cl. The molecule has 2 heterocycles. The summed E-state index contributed by atoms with van der Waals surface area (Å²) in [5.41, 5.74) is 2.15. The lowest BCUT2D eigenvalue weighted by Crippen LogP contribution is -2.33. The number of carbonyl (C=O) groups is 1. The van der Waals surface area contributed by atoms with Gasteiger partial charge < -0.3 is 4.90 Å². The normalized spacial score (nSPS) is 11.3. The van der Waals surface area contributed by atoms with E-state index in [0.29, 0.717) is 22.4 Å². The largest absolute Gasteiger partial charge is 0.309 e. The number of carbonyl (C=O) groups excluding carboxylic acids is 1. The predicted octanol–water partition coefficient (Wildman–Crippen LogP) is 5.06. The molecular formula is C20H27Cl2N5OS. The molecule has 0 unspecified atom stereocenters. The Morgan fingerprint density at radius 2 is 2.00 bits per heavy atom. The van der Waals surface area contributed by atoms with Crippen molar-refractivity contribution >= 4 is 56.6 Å². The molecule has 158 valence electrons. The number of hydrogen-bond donors (Lipinski definition) is 0. The molecule has 3 aromatic rings. The minimum Gasteiger partial charge on any atom is -0.309 e. The van der Waals surface area contributed by atoms with Crippen LogP contribution in [0, 0.1) is 6.92 Å². The van der Waals surface area contributed by atoms with Crippen LogP contribution in [0.2, 0.25) is 5.02 Å². The molecule has 2 aromatic heterocycles. The number of halogens is 2. The summed E-state index contributed by atoms with van der Waals surface area (Å²) >= 11 is 7.77. The van der Waals surface area contributed by atoms with E-state index in [4.69, 9.17) is 11.6 Å². The van der Waals surface area contributed by atoms with Crippen LogP contribution in [0.25, 0.3) is 10.2 Å². The van der Waals surface area contributed by atoms with Crippen LogP contribution in [0.4, 0.5) is 5.13 Å². The number of aromatic nitrogens is 3. The minimum atomic E-state index is -0.128. The molecule has 6 nitrogen and oxygen atoms in total. The van der Waals surface area contributed by atoms with E-state index in [-0.39, 0.29) is 24.4 Å². The molecule has 29 heavy (non-hydrogen) atoms. The topological polar surface area (TPSA) is 54.3 Å². The fourth-order valence-corrected chi connectivity index (χ4v) is 4.39. The van der Waals surface area contributed by atoms with Crippen molar-refractivity contribution in [2.45, 2.75) is 33.2 Å². The molecule has 3 rings (SSSR count). The zero-order valence-corrected chi connectivity index (χ0v) is 19.7. The van der Waals surface area contributed by atoms with E-state index in [1.807, 2.05) is 50.0 Å². The maximum Gasteiger partial charge on any atom is 0.280 e. The molecule has 1 aromatic carbocycles. The van der Waals surface area contributed by atoms with Gasteiger partial charge in [0, 0.05) is 18.3 Å². The summed E-state index contributed by atoms with van der Waals surface area (Å²) in [7, 11) is 4.05. The molecule has 0 aliphatic carbocycles. The minimum absolute atomic E-state index is 0. The summed E-state index contributed by atoms with van der Waals surface area (Å²) in [4.78, 5) is 21.8. The van der Waals surface area contributed by atoms with E-state index < -0.39 is 0 Å². The van der Waals surface area contributed by atoms with Gasteiger partial charge in [0.1, 0.15) is 5.52 Å². The molecule has 0 atom stereocenters. The van der Waals surface area contributed by atoms with Crippen LogP contribution in [0.5, 0.6) is 0 Å². The number of fused-ring (bicyclic) bond motifs is 1. The van der Waals surface area contributed by atoms with Gasteiger partial charge in [0.05, 0.1) is 9.72 Å². The standard InChI is InChI=1S/C20H26ClN5OS.ClH/c1-13(2)26-14(3)12-16(23-26)19(27)25(11-7-10-24(4)5)20-22-18-15(21)8-6-9-17(18)28-20;/h6,8-9,12-13H,7,10-11H2,1-5H3;1H. The zero-order chi connectivity index (χ0) is 20.4. The average molecular weight is 456 g/mol. The maximum absolute atomic E-state index is 13.3. The molecule has 0 bridgehead atoms. The van der Waals surface area contributed by atoms with Crippen molar-refractivity contribution in [2.24, 2.45) is 0 Å². The van der Waals surface area contributed by atoms with Gasteiger partial charge in [-0.15, -0.1) is 12.4 Å². The van der Waals surface area contributed by atoms with Crippen molar-refractivity contribution in [2.75, 3.05) is 32.1 Å². The monoisotopic (exact) mass is 455 g/mol. The Morgan fingerprint density at radius 3 is 2.59 bits per heavy atom. The third-order valence-corrected chi connectivity index (χ3v) is 5.80. The molecule has 0 saturated carbocycles. The number of benzene rings is 1. The quantitative estimate of drug-likeness (QED) is 0.499. The number of hydrogen-bond acceptors (Lipinski definition) is 5. The highest BCUT2D eigenvalue weighted by Gasteiger charge is 2.24. The molecule has 1 amide bonds. The fourth-order valence-electron chi connectivity index (χ4n) is 3.10. The van der Waals surface area contributed by atoms with E-state index in [0.717, 1.165) is 28.9 Å². The van der Waals surface area contributed by atoms with Crippen LogP contribution in [-0.2, 0) is 0 Å². The first-order chi connectivity index (χ1) is 13.3. The number of nitrogens with zero attached hydrogens (tertiary/aromatic N) is 5. The van der Waals surface area contributed by atoms with Crippen molar-refractivity contribution < 1.29 is 4.79 Å². The Hall–Kier alpha value is -1.67. The molecule has 0 aliphatic rings. The summed E-state index contributed by atoms with van der Waals surface area (Å²) in [6.07, 6.45) is 0.840. The molecular weight excluding hydrogens is 429 g/mol. The second-order valence-electron chi connectivity index (χ2n) is 7.41. The Morgan fingerprint density at radius 1 is 1.28 bits per heavy atom. The summed E-state index contributed by atoms with van der Waals surface area (Å²) in [6.45, 7) is 7.53. The highest BCUT2D eigenvalue weighted by Crippen LogP contribution is 2.33. The van der Waals surface area contributed by atoms with E-state index in [9.17, 15) is 4.79 Å². The Labute approximate surface area is 186 Å². The van der Waals surface area contributed by atoms with Crippen LogP contribution in [0.3, 0.4) is 0 Å². The fraction of sp³-hybridized carbons (Fsp3) is 0.450. The molecule has 0 spiro atoms. The second-order valence-corrected chi connectivity index (χ2v) is 8.82. The van der Waals surface area contributed by atoms with Gasteiger partial charge in [-0.05, 0) is 66.0 Å². The summed E-state index contributed by atoms with van der Waals surface area (Å²) < 4.78 is 2.84. The third kappa shape index (κ3) is 5.28. The number of rotatable bonds is 7. The molecule has 0 N–H and O–H groups in total. The smallest absolute Gasteiger partial charge is 0.280 e. The van der Waals surface area contributed by atoms with Gasteiger partial charge in [-0.25, -0.2) is 4.98 Å². The lowest BCUT2D eigenvalue weighted by molar-refractivity contribution is 0.0980. The Kier molecular flexibility index (Phi) is 8.05. The first-order valence-electron chi connectivity index (χ1n) is 9.35. The number of aryl methyl sites for hydroxylation is 1. The lowest BCUT2D eigenvalue weighted by atomic mass is 10.3. The van der Waals surface area contributed by atoms with Crippen molar-refractivity contribution in [3.63, 3.8) is 0 Å². The van der Waals surface area contributed by atoms with Gasteiger partial charge in [0.15, 0.2) is 10.8 Å². The van der Waals surface area contributed by atoms with Gasteiger partial charge in [0.2, 0.25) is 0 Å². The predicted molar refractivity (Wildman–Crippen MR) is 124 cm³/mol. The average Bonchev–Trinajstić information content (AvgIpc) is 3.22. The van der Waals surface area contributed by atoms with Gasteiger partial charge in [-0.3, -0.25) is 14.4 Å². The lowest BCUT2D eigenvalue weighted by Gasteiger charge is -2.20. The summed E-state index contributed by atoms with van der Waals surface area (Å²) in [5.74, 6) is -0.128. The maximum atomic E-state index is 13.3. The van der Waals surface area contributed by atoms with Crippen molar-refractivity contribution in [1.29, 1.82) is 0 Å². The van der Waals surface area contributed by atoms with Crippen molar-refractivity contribution in [3.05, 3.63) is 40.7 Å². The number of thiazole rings is 1. The van der Waals surface area contributed by atoms with Gasteiger partial charge in [0.25, 0.3) is 5.91 Å². The first kappa shape index (κ1) is 23.6. The number of anilines is 1. The number of para-hydroxylation sites is 1. The molecule has 0 saturated heterocycles. The van der Waals surface area contributed by atoms with E-state index >= 15 is 0 Å². The zero-order valence-electron chi connectivity index (χ0n) is 17.3. The van der Waals surface area contributed by atoms with E-state index in [2.05, 4.69) is 28.8 Å². The highest BCUT2D eigenvalue weighted by atomic mass is 35.5. The van der Waals surface area contributed by atoms with E-state index in [1.54, 1.807) is 4.90 Å². The third-order valence-electron chi connectivity index (χ3n) is 4.45. The van der Waals surface area contributed by atoms with Crippen molar-refractivity contribution in [3.8, 4) is 0 Å². The number of amides is 1. The van der Waals surface area contributed by atoms with Gasteiger partial charge in [-0.2, -0.15) is 5.10 Å². The van der Waals surface area contributed by atoms with Crippen LogP contribution >= 0.6 is 35.3 Å². The Bertz CT molecular complexity index is 983. The summed E-state index contributed by atoms with van der Waals surface area (Å²) in [6, 6.07) is 7.74. The molecule has 9 heteroatoms. The van der Waals surface area contributed by atoms with Crippen LogP contribution in [0.15, 0.2) is 24.3 Å². The summed E-state index contributed by atoms with van der Waals surface area (Å²) in [5, 5.41) is 5.79. The van der Waals surface area contributed by atoms with Gasteiger partial charge in [-0.1, -0.05) is 29.0 Å². The second kappa shape index (κ2) is 9.89. The molecule has 0 fully saturated rings. The van der Waals surface area contributed by atoms with E-state index in [1.165, 1.54) is 11.3 Å². The highest BCUT2D eigenvalue weighted by molar-refractivity contribution is 7.22. The molecule has 0 aliphatic heterocycles. The van der Waals surface area contributed by atoms with Crippen LogP contribution in [0.1, 0.15) is 42.5 Å².